The van der Waals surface area contributed by atoms with E-state index >= 15 is 0 Å². The lowest BCUT2D eigenvalue weighted by Crippen LogP contribution is -2.24. The lowest BCUT2D eigenvalue weighted by molar-refractivity contribution is 0.0949. The van der Waals surface area contributed by atoms with Gasteiger partial charge in [0.15, 0.2) is 0 Å². The van der Waals surface area contributed by atoms with Gasteiger partial charge in [0, 0.05) is 11.6 Å². The molecule has 3 aromatic rings. The summed E-state index contributed by atoms with van der Waals surface area (Å²) in [5, 5.41) is 8.07. The smallest absolute Gasteiger partial charge is 0.255 e. The van der Waals surface area contributed by atoms with E-state index in [1.165, 1.54) is 0 Å². The van der Waals surface area contributed by atoms with E-state index in [0.29, 0.717) is 22.8 Å². The molecule has 0 atom stereocenters. The standard InChI is InChI=1S/C19H18ClN3O/c1-13-18(14(2)23(22-13)16-9-4-3-5-10-16)19(24)21-12-15-8-6-7-11-17(15)20/h3-11H,12H2,1-2H3,(H,21,24). The highest BCUT2D eigenvalue weighted by molar-refractivity contribution is 6.31. The number of para-hydroxylation sites is 1. The average molecular weight is 340 g/mol. The van der Waals surface area contributed by atoms with Gasteiger partial charge in [0.2, 0.25) is 0 Å². The normalized spacial score (nSPS) is 10.6. The number of amides is 1. The number of aromatic nitrogens is 2. The quantitative estimate of drug-likeness (QED) is 0.778. The molecule has 0 fully saturated rings. The fourth-order valence-corrected chi connectivity index (χ4v) is 2.90. The first kappa shape index (κ1) is 16.3. The minimum absolute atomic E-state index is 0.146. The van der Waals surface area contributed by atoms with Gasteiger partial charge in [-0.25, -0.2) is 4.68 Å². The average Bonchev–Trinajstić information content (AvgIpc) is 2.89. The van der Waals surface area contributed by atoms with Gasteiger partial charge in [0.05, 0.1) is 22.6 Å². The number of hydrogen-bond acceptors (Lipinski definition) is 2. The highest BCUT2D eigenvalue weighted by atomic mass is 35.5. The zero-order valence-corrected chi connectivity index (χ0v) is 14.3. The third-order valence-electron chi connectivity index (χ3n) is 3.92. The molecule has 0 spiro atoms. The molecule has 0 saturated heterocycles. The lowest BCUT2D eigenvalue weighted by atomic mass is 10.1. The molecule has 0 bridgehead atoms. The summed E-state index contributed by atoms with van der Waals surface area (Å²) in [6.45, 7) is 4.13. The van der Waals surface area contributed by atoms with Crippen molar-refractivity contribution in [3.63, 3.8) is 0 Å². The molecule has 122 valence electrons. The fraction of sp³-hybridized carbons (Fsp3) is 0.158. The Kier molecular flexibility index (Phi) is 4.67. The molecule has 4 nitrogen and oxygen atoms in total. The zero-order valence-electron chi connectivity index (χ0n) is 13.6. The van der Waals surface area contributed by atoms with Gasteiger partial charge in [-0.1, -0.05) is 48.0 Å². The summed E-state index contributed by atoms with van der Waals surface area (Å²) in [4.78, 5) is 12.6. The number of benzene rings is 2. The Morgan fingerprint density at radius 2 is 1.75 bits per heavy atom. The van der Waals surface area contributed by atoms with E-state index in [1.54, 1.807) is 4.68 Å². The number of halogens is 1. The molecule has 0 aliphatic rings. The van der Waals surface area contributed by atoms with Crippen molar-refractivity contribution in [1.29, 1.82) is 0 Å². The van der Waals surface area contributed by atoms with Crippen molar-refractivity contribution >= 4 is 17.5 Å². The second-order valence-electron chi connectivity index (χ2n) is 5.57. The number of nitrogens with zero attached hydrogens (tertiary/aromatic N) is 2. The predicted molar refractivity (Wildman–Crippen MR) is 95.7 cm³/mol. The molecule has 1 amide bonds. The van der Waals surface area contributed by atoms with Crippen molar-refractivity contribution in [3.8, 4) is 5.69 Å². The zero-order chi connectivity index (χ0) is 17.1. The summed E-state index contributed by atoms with van der Waals surface area (Å²) >= 11 is 6.13. The molecule has 5 heteroatoms. The Hall–Kier alpha value is -2.59. The lowest BCUT2D eigenvalue weighted by Gasteiger charge is -2.08. The van der Waals surface area contributed by atoms with Crippen molar-refractivity contribution < 1.29 is 4.79 Å². The van der Waals surface area contributed by atoms with Gasteiger partial charge < -0.3 is 5.32 Å². The summed E-state index contributed by atoms with van der Waals surface area (Å²) in [5.41, 5.74) is 3.94. The van der Waals surface area contributed by atoms with E-state index in [4.69, 9.17) is 11.6 Å². The molecule has 1 N–H and O–H groups in total. The first-order valence-corrected chi connectivity index (χ1v) is 8.09. The molecule has 1 heterocycles. The first-order chi connectivity index (χ1) is 11.6. The first-order valence-electron chi connectivity index (χ1n) is 7.71. The van der Waals surface area contributed by atoms with E-state index in [2.05, 4.69) is 10.4 Å². The fourth-order valence-electron chi connectivity index (χ4n) is 2.70. The molecule has 0 unspecified atom stereocenters. The number of aryl methyl sites for hydroxylation is 1. The number of carbonyl (C=O) groups excluding carboxylic acids is 1. The Balaban J connectivity index is 1.83. The molecule has 3 rings (SSSR count). The molecule has 0 aliphatic heterocycles. The molecule has 0 saturated carbocycles. The van der Waals surface area contributed by atoms with Crippen LogP contribution in [-0.2, 0) is 6.54 Å². The van der Waals surface area contributed by atoms with Gasteiger partial charge in [0.1, 0.15) is 0 Å². The van der Waals surface area contributed by atoms with Crippen LogP contribution >= 0.6 is 11.6 Å². The van der Waals surface area contributed by atoms with Crippen molar-refractivity contribution in [3.05, 3.63) is 82.1 Å². The molecule has 0 radical (unpaired) electrons. The van der Waals surface area contributed by atoms with Gasteiger partial charge in [-0.3, -0.25) is 4.79 Å². The third kappa shape index (κ3) is 3.19. The maximum Gasteiger partial charge on any atom is 0.255 e. The van der Waals surface area contributed by atoms with Crippen LogP contribution in [0.15, 0.2) is 54.6 Å². The van der Waals surface area contributed by atoms with Crippen LogP contribution in [0.25, 0.3) is 5.69 Å². The topological polar surface area (TPSA) is 46.9 Å². The molecule has 1 aromatic heterocycles. The predicted octanol–water partition coefficient (Wildman–Crippen LogP) is 4.07. The van der Waals surface area contributed by atoms with E-state index in [0.717, 1.165) is 16.9 Å². The number of hydrogen-bond donors (Lipinski definition) is 1. The molecular weight excluding hydrogens is 322 g/mol. The van der Waals surface area contributed by atoms with Crippen molar-refractivity contribution in [2.75, 3.05) is 0 Å². The summed E-state index contributed by atoms with van der Waals surface area (Å²) in [6, 6.07) is 17.2. The van der Waals surface area contributed by atoms with Crippen LogP contribution in [0, 0.1) is 13.8 Å². The Morgan fingerprint density at radius 3 is 2.46 bits per heavy atom. The number of rotatable bonds is 4. The van der Waals surface area contributed by atoms with Crippen molar-refractivity contribution in [1.82, 2.24) is 15.1 Å². The van der Waals surface area contributed by atoms with Gasteiger partial charge in [-0.15, -0.1) is 0 Å². The van der Waals surface area contributed by atoms with Crippen molar-refractivity contribution in [2.45, 2.75) is 20.4 Å². The maximum absolute atomic E-state index is 12.6. The molecular formula is C19H18ClN3O. The Labute approximate surface area is 146 Å². The largest absolute Gasteiger partial charge is 0.348 e. The molecule has 2 aromatic carbocycles. The Bertz CT molecular complexity index is 872. The van der Waals surface area contributed by atoms with Crippen LogP contribution < -0.4 is 5.32 Å². The highest BCUT2D eigenvalue weighted by Crippen LogP contribution is 2.19. The number of nitrogens with one attached hydrogen (secondary N) is 1. The van der Waals surface area contributed by atoms with Crippen molar-refractivity contribution in [2.24, 2.45) is 0 Å². The minimum Gasteiger partial charge on any atom is -0.348 e. The van der Waals surface area contributed by atoms with Gasteiger partial charge in [-0.2, -0.15) is 5.10 Å². The Morgan fingerprint density at radius 1 is 1.08 bits per heavy atom. The second kappa shape index (κ2) is 6.89. The minimum atomic E-state index is -0.146. The van der Waals surface area contributed by atoms with Crippen LogP contribution in [0.1, 0.15) is 27.3 Å². The van der Waals surface area contributed by atoms with Gasteiger partial charge >= 0.3 is 0 Å². The van der Waals surface area contributed by atoms with E-state index < -0.39 is 0 Å². The molecule has 0 aliphatic carbocycles. The van der Waals surface area contributed by atoms with Crippen LogP contribution in [0.2, 0.25) is 5.02 Å². The SMILES string of the molecule is Cc1nn(-c2ccccc2)c(C)c1C(=O)NCc1ccccc1Cl. The van der Waals surface area contributed by atoms with Gasteiger partial charge in [-0.05, 0) is 37.6 Å². The summed E-state index contributed by atoms with van der Waals surface area (Å²) in [6.07, 6.45) is 0. The van der Waals surface area contributed by atoms with E-state index in [-0.39, 0.29) is 5.91 Å². The molecule has 24 heavy (non-hydrogen) atoms. The van der Waals surface area contributed by atoms with Crippen LogP contribution in [0.4, 0.5) is 0 Å². The summed E-state index contributed by atoms with van der Waals surface area (Å²) in [7, 11) is 0. The van der Waals surface area contributed by atoms with Crippen LogP contribution in [-0.4, -0.2) is 15.7 Å². The number of carbonyl (C=O) groups is 1. The highest BCUT2D eigenvalue weighted by Gasteiger charge is 2.19. The summed E-state index contributed by atoms with van der Waals surface area (Å²) in [5.74, 6) is -0.146. The maximum atomic E-state index is 12.6. The van der Waals surface area contributed by atoms with Crippen LogP contribution in [0.5, 0.6) is 0 Å². The third-order valence-corrected chi connectivity index (χ3v) is 4.29. The van der Waals surface area contributed by atoms with Crippen LogP contribution in [0.3, 0.4) is 0 Å². The second-order valence-corrected chi connectivity index (χ2v) is 5.97. The van der Waals surface area contributed by atoms with E-state index in [9.17, 15) is 4.79 Å². The monoisotopic (exact) mass is 339 g/mol. The van der Waals surface area contributed by atoms with E-state index in [1.807, 2.05) is 68.4 Å². The van der Waals surface area contributed by atoms with Gasteiger partial charge in [0.25, 0.3) is 5.91 Å². The summed E-state index contributed by atoms with van der Waals surface area (Å²) < 4.78 is 1.79.